The van der Waals surface area contributed by atoms with Gasteiger partial charge in [-0.2, -0.15) is 5.10 Å². The lowest BCUT2D eigenvalue weighted by atomic mass is 9.95. The summed E-state index contributed by atoms with van der Waals surface area (Å²) >= 11 is 3.64. The molecule has 0 aliphatic heterocycles. The summed E-state index contributed by atoms with van der Waals surface area (Å²) in [5, 5.41) is 4.51. The quantitative estimate of drug-likeness (QED) is 0.864. The van der Waals surface area contributed by atoms with Gasteiger partial charge in [0.15, 0.2) is 5.78 Å². The minimum Gasteiger partial charge on any atom is -0.347 e. The molecule has 0 bridgehead atoms. The van der Waals surface area contributed by atoms with Gasteiger partial charge in [-0.15, -0.1) is 0 Å². The summed E-state index contributed by atoms with van der Waals surface area (Å²) in [6.45, 7) is 2.84. The van der Waals surface area contributed by atoms with Crippen molar-refractivity contribution in [3.8, 4) is 0 Å². The average molecular weight is 336 g/mol. The lowest BCUT2D eigenvalue weighted by Gasteiger charge is -2.07. The summed E-state index contributed by atoms with van der Waals surface area (Å²) in [4.78, 5) is 11.9. The van der Waals surface area contributed by atoms with Crippen LogP contribution >= 0.6 is 15.9 Å². The topological polar surface area (TPSA) is 39.8 Å². The number of nitrogens with zero attached hydrogens (tertiary/aromatic N) is 3. The second kappa shape index (κ2) is 5.20. The minimum atomic E-state index is 0.281. The third kappa shape index (κ3) is 2.24. The number of ketones is 1. The maximum absolute atomic E-state index is 11.9. The van der Waals surface area contributed by atoms with Crippen molar-refractivity contribution in [2.24, 2.45) is 7.05 Å². The number of rotatable bonds is 3. The first-order valence-electron chi connectivity index (χ1n) is 7.02. The smallest absolute Gasteiger partial charge is 0.164 e. The van der Waals surface area contributed by atoms with Crippen molar-refractivity contribution in [1.29, 1.82) is 0 Å². The van der Waals surface area contributed by atoms with E-state index in [2.05, 4.69) is 38.7 Å². The van der Waals surface area contributed by atoms with Gasteiger partial charge in [0.2, 0.25) is 0 Å². The Labute approximate surface area is 126 Å². The van der Waals surface area contributed by atoms with Crippen LogP contribution in [-0.4, -0.2) is 20.1 Å². The maximum Gasteiger partial charge on any atom is 0.164 e. The summed E-state index contributed by atoms with van der Waals surface area (Å²) in [6, 6.07) is 0. The van der Waals surface area contributed by atoms with Gasteiger partial charge >= 0.3 is 0 Å². The first-order valence-corrected chi connectivity index (χ1v) is 7.81. The molecule has 0 aromatic carbocycles. The predicted molar refractivity (Wildman–Crippen MR) is 81.1 cm³/mol. The van der Waals surface area contributed by atoms with Crippen LogP contribution in [0.5, 0.6) is 0 Å². The van der Waals surface area contributed by atoms with Crippen molar-refractivity contribution in [3.63, 3.8) is 0 Å². The monoisotopic (exact) mass is 335 g/mol. The Hall–Kier alpha value is -1.36. The number of hydrogen-bond donors (Lipinski definition) is 0. The van der Waals surface area contributed by atoms with Gasteiger partial charge in [0.05, 0.1) is 22.4 Å². The Balaban J connectivity index is 1.92. The van der Waals surface area contributed by atoms with E-state index >= 15 is 0 Å². The second-order valence-corrected chi connectivity index (χ2v) is 6.12. The molecule has 0 N–H and O–H groups in total. The lowest BCUT2D eigenvalue weighted by molar-refractivity contribution is 0.0973. The van der Waals surface area contributed by atoms with Crippen LogP contribution in [0.15, 0.2) is 16.9 Å². The molecular formula is C15H18BrN3O. The van der Waals surface area contributed by atoms with Crippen LogP contribution in [0.25, 0.3) is 0 Å². The Morgan fingerprint density at radius 1 is 1.35 bits per heavy atom. The molecule has 0 fully saturated rings. The van der Waals surface area contributed by atoms with E-state index in [9.17, 15) is 4.79 Å². The van der Waals surface area contributed by atoms with E-state index in [1.807, 2.05) is 17.9 Å². The molecule has 106 valence electrons. The van der Waals surface area contributed by atoms with Gasteiger partial charge in [-0.3, -0.25) is 9.48 Å². The predicted octanol–water partition coefficient (Wildman–Crippen LogP) is 3.11. The first kappa shape index (κ1) is 13.6. The van der Waals surface area contributed by atoms with Crippen molar-refractivity contribution in [2.75, 3.05) is 0 Å². The van der Waals surface area contributed by atoms with E-state index in [1.165, 1.54) is 5.56 Å². The van der Waals surface area contributed by atoms with Crippen LogP contribution in [0.4, 0.5) is 0 Å². The highest BCUT2D eigenvalue weighted by Gasteiger charge is 2.20. The molecule has 2 aromatic heterocycles. The third-order valence-corrected chi connectivity index (χ3v) is 4.86. The fraction of sp³-hybridized carbons (Fsp3) is 0.467. The van der Waals surface area contributed by atoms with Crippen LogP contribution in [0.1, 0.15) is 47.1 Å². The molecule has 1 aliphatic carbocycles. The highest BCUT2D eigenvalue weighted by Crippen LogP contribution is 2.25. The van der Waals surface area contributed by atoms with E-state index in [4.69, 9.17) is 0 Å². The van der Waals surface area contributed by atoms with Gasteiger partial charge in [-0.25, -0.2) is 0 Å². The van der Waals surface area contributed by atoms with E-state index in [0.29, 0.717) is 6.42 Å². The van der Waals surface area contributed by atoms with Gasteiger partial charge in [-0.05, 0) is 40.8 Å². The molecule has 0 unspecified atom stereocenters. The van der Waals surface area contributed by atoms with Gasteiger partial charge in [0.25, 0.3) is 0 Å². The van der Waals surface area contributed by atoms with Crippen molar-refractivity contribution in [2.45, 2.75) is 39.2 Å². The molecule has 0 atom stereocenters. The van der Waals surface area contributed by atoms with Crippen LogP contribution < -0.4 is 0 Å². The number of hydrogen-bond acceptors (Lipinski definition) is 2. The second-order valence-electron chi connectivity index (χ2n) is 5.33. The molecule has 2 heterocycles. The van der Waals surface area contributed by atoms with Crippen molar-refractivity contribution < 1.29 is 4.79 Å². The van der Waals surface area contributed by atoms with Crippen LogP contribution in [0.2, 0.25) is 0 Å². The highest BCUT2D eigenvalue weighted by atomic mass is 79.9. The number of Topliss-reactive ketones (excluding diaryl/α,β-unsaturated/α-hetero) is 1. The van der Waals surface area contributed by atoms with Crippen molar-refractivity contribution in [3.05, 3.63) is 39.4 Å². The average Bonchev–Trinajstić information content (AvgIpc) is 2.95. The number of carbonyl (C=O) groups excluding carboxylic acids is 1. The zero-order valence-corrected chi connectivity index (χ0v) is 13.4. The van der Waals surface area contributed by atoms with Crippen LogP contribution in [0, 0.1) is 0 Å². The SMILES string of the molecule is CCc1nn(C)c(Cn2cc3c(c2)C(=O)CCC3)c1Br. The van der Waals surface area contributed by atoms with Gasteiger partial charge in [-0.1, -0.05) is 6.92 Å². The molecule has 4 nitrogen and oxygen atoms in total. The maximum atomic E-state index is 11.9. The molecule has 0 saturated carbocycles. The van der Waals surface area contributed by atoms with Crippen LogP contribution in [-0.2, 0) is 26.4 Å². The largest absolute Gasteiger partial charge is 0.347 e. The van der Waals surface area contributed by atoms with Crippen molar-refractivity contribution in [1.82, 2.24) is 14.3 Å². The van der Waals surface area contributed by atoms with Crippen molar-refractivity contribution >= 4 is 21.7 Å². The Bertz CT molecular complexity index is 669. The number of halogens is 1. The normalized spacial score (nSPS) is 14.7. The van der Waals surface area contributed by atoms with E-state index < -0.39 is 0 Å². The van der Waals surface area contributed by atoms with E-state index in [0.717, 1.165) is 47.2 Å². The summed E-state index contributed by atoms with van der Waals surface area (Å²) in [5.41, 5.74) is 4.32. The van der Waals surface area contributed by atoms with Gasteiger partial charge in [0, 0.05) is 31.4 Å². The molecule has 0 spiro atoms. The lowest BCUT2D eigenvalue weighted by Crippen LogP contribution is -2.07. The first-order chi connectivity index (χ1) is 9.60. The minimum absolute atomic E-state index is 0.281. The zero-order chi connectivity index (χ0) is 14.3. The number of aryl methyl sites for hydroxylation is 3. The summed E-state index contributed by atoms with van der Waals surface area (Å²) in [7, 11) is 1.97. The van der Waals surface area contributed by atoms with Gasteiger partial charge in [0.1, 0.15) is 0 Å². The molecule has 2 aromatic rings. The standard InChI is InChI=1S/C15H18BrN3O/c1-3-12-15(16)13(18(2)17-12)9-19-7-10-5-4-6-14(20)11(10)8-19/h7-8H,3-6,9H2,1-2H3. The van der Waals surface area contributed by atoms with E-state index in [1.54, 1.807) is 0 Å². The summed E-state index contributed by atoms with van der Waals surface area (Å²) in [5.74, 6) is 0.281. The number of carbonyl (C=O) groups is 1. The summed E-state index contributed by atoms with van der Waals surface area (Å²) < 4.78 is 5.11. The molecule has 0 saturated heterocycles. The Morgan fingerprint density at radius 3 is 2.80 bits per heavy atom. The van der Waals surface area contributed by atoms with E-state index in [-0.39, 0.29) is 5.78 Å². The van der Waals surface area contributed by atoms with Crippen LogP contribution in [0.3, 0.4) is 0 Å². The Kier molecular flexibility index (Phi) is 3.54. The highest BCUT2D eigenvalue weighted by molar-refractivity contribution is 9.10. The third-order valence-electron chi connectivity index (χ3n) is 3.95. The summed E-state index contributed by atoms with van der Waals surface area (Å²) in [6.07, 6.45) is 7.69. The number of fused-ring (bicyclic) bond motifs is 1. The molecular weight excluding hydrogens is 318 g/mol. The molecule has 3 rings (SSSR count). The molecule has 0 radical (unpaired) electrons. The molecule has 20 heavy (non-hydrogen) atoms. The Morgan fingerprint density at radius 2 is 2.15 bits per heavy atom. The number of aromatic nitrogens is 3. The molecule has 5 heteroatoms. The zero-order valence-electron chi connectivity index (χ0n) is 11.8. The van der Waals surface area contributed by atoms with Gasteiger partial charge < -0.3 is 4.57 Å². The molecule has 0 amide bonds. The molecule has 1 aliphatic rings. The fourth-order valence-corrected chi connectivity index (χ4v) is 3.58. The fourth-order valence-electron chi connectivity index (χ4n) is 2.84.